The maximum Gasteiger partial charge on any atom is 0.317 e. The summed E-state index contributed by atoms with van der Waals surface area (Å²) in [5.74, 6) is 0.940. The molecule has 0 bridgehead atoms. The molecule has 1 heterocycles. The van der Waals surface area contributed by atoms with Crippen molar-refractivity contribution in [2.24, 2.45) is 17.6 Å². The van der Waals surface area contributed by atoms with Crippen LogP contribution < -0.4 is 11.1 Å². The van der Waals surface area contributed by atoms with Gasteiger partial charge in [0.2, 0.25) is 0 Å². The van der Waals surface area contributed by atoms with Gasteiger partial charge >= 0.3 is 6.03 Å². The second-order valence-corrected chi connectivity index (χ2v) is 10.3. The molecule has 35 heavy (non-hydrogen) atoms. The van der Waals surface area contributed by atoms with Crippen molar-refractivity contribution >= 4 is 6.03 Å². The largest absolute Gasteiger partial charge is 0.385 e. The standard InChI is InChI=1S/C29H47N3O3/c1-3-11-24-14-7-8-16-27(24)28(35-19-10-18-34-2)25-15-9-17-32(22-25)29(33)31-26(21-30)20-23-12-5-4-6-13-23/h3,7-8,14,16,23,25-26,28H,1,4-6,9-13,15,17-22,30H2,2H3,(H,31,33)/t25?,26-,28?/m0/s1. The Morgan fingerprint density at radius 3 is 2.74 bits per heavy atom. The van der Waals surface area contributed by atoms with Crippen molar-refractivity contribution in [1.29, 1.82) is 0 Å². The summed E-state index contributed by atoms with van der Waals surface area (Å²) < 4.78 is 11.7. The first-order valence-electron chi connectivity index (χ1n) is 13.7. The number of amides is 2. The van der Waals surface area contributed by atoms with E-state index in [0.29, 0.717) is 32.2 Å². The van der Waals surface area contributed by atoms with Gasteiger partial charge in [0.05, 0.1) is 6.10 Å². The van der Waals surface area contributed by atoms with Crippen LogP contribution in [0, 0.1) is 11.8 Å². The van der Waals surface area contributed by atoms with E-state index in [-0.39, 0.29) is 24.1 Å². The second kappa shape index (κ2) is 15.3. The number of nitrogens with one attached hydrogen (secondary N) is 1. The first kappa shape index (κ1) is 27.7. The molecule has 1 saturated heterocycles. The Morgan fingerprint density at radius 2 is 2.00 bits per heavy atom. The van der Waals surface area contributed by atoms with Crippen LogP contribution in [-0.2, 0) is 15.9 Å². The molecule has 6 heteroatoms. The van der Waals surface area contributed by atoms with Crippen LogP contribution >= 0.6 is 0 Å². The Labute approximate surface area is 212 Å². The van der Waals surface area contributed by atoms with Crippen molar-refractivity contribution in [3.05, 3.63) is 48.0 Å². The Bertz CT molecular complexity index is 765. The third-order valence-electron chi connectivity index (χ3n) is 7.64. The summed E-state index contributed by atoms with van der Waals surface area (Å²) in [5, 5.41) is 3.27. The van der Waals surface area contributed by atoms with Gasteiger partial charge in [-0.3, -0.25) is 0 Å². The molecular weight excluding hydrogens is 438 g/mol. The number of nitrogens with two attached hydrogens (primary N) is 1. The molecule has 196 valence electrons. The molecule has 1 aliphatic heterocycles. The van der Waals surface area contributed by atoms with Gasteiger partial charge in [0.15, 0.2) is 0 Å². The van der Waals surface area contributed by atoms with Gasteiger partial charge in [0, 0.05) is 51.9 Å². The fourth-order valence-electron chi connectivity index (χ4n) is 5.79. The average Bonchev–Trinajstić information content (AvgIpc) is 2.90. The van der Waals surface area contributed by atoms with Gasteiger partial charge in [-0.15, -0.1) is 6.58 Å². The fourth-order valence-corrected chi connectivity index (χ4v) is 5.79. The highest BCUT2D eigenvalue weighted by molar-refractivity contribution is 5.74. The predicted molar refractivity (Wildman–Crippen MR) is 142 cm³/mol. The molecule has 1 aromatic carbocycles. The molecule has 3 N–H and O–H groups in total. The molecule has 0 aromatic heterocycles. The minimum Gasteiger partial charge on any atom is -0.385 e. The molecule has 1 aliphatic carbocycles. The van der Waals surface area contributed by atoms with E-state index in [1.54, 1.807) is 7.11 Å². The van der Waals surface area contributed by atoms with Gasteiger partial charge in [0.25, 0.3) is 0 Å². The minimum atomic E-state index is -0.0499. The van der Waals surface area contributed by atoms with E-state index in [2.05, 4.69) is 36.2 Å². The highest BCUT2D eigenvalue weighted by Gasteiger charge is 2.33. The van der Waals surface area contributed by atoms with Crippen LogP contribution in [0.5, 0.6) is 0 Å². The number of nitrogens with zero attached hydrogens (tertiary/aromatic N) is 1. The lowest BCUT2D eigenvalue weighted by molar-refractivity contribution is -0.0171. The predicted octanol–water partition coefficient (Wildman–Crippen LogP) is 5.23. The number of methoxy groups -OCH3 is 1. The number of carbonyl (C=O) groups excluding carboxylic acids is 1. The first-order valence-corrected chi connectivity index (χ1v) is 13.7. The van der Waals surface area contributed by atoms with Crippen molar-refractivity contribution in [3.8, 4) is 0 Å². The number of piperidine rings is 1. The first-order chi connectivity index (χ1) is 17.2. The molecule has 0 spiro atoms. The third-order valence-corrected chi connectivity index (χ3v) is 7.64. The SMILES string of the molecule is C=CCc1ccccc1C(OCCCOC)C1CCCN(C(=O)N[C@H](CN)CC2CCCCC2)C1. The maximum atomic E-state index is 13.3. The molecule has 3 rings (SSSR count). The van der Waals surface area contributed by atoms with Gasteiger partial charge < -0.3 is 25.4 Å². The van der Waals surface area contributed by atoms with Crippen LogP contribution in [0.3, 0.4) is 0 Å². The molecule has 0 radical (unpaired) electrons. The van der Waals surface area contributed by atoms with E-state index in [1.807, 2.05) is 11.0 Å². The Kier molecular flexibility index (Phi) is 12.1. The lowest BCUT2D eigenvalue weighted by Gasteiger charge is -2.38. The number of urea groups is 1. The lowest BCUT2D eigenvalue weighted by atomic mass is 9.84. The lowest BCUT2D eigenvalue weighted by Crippen LogP contribution is -2.51. The van der Waals surface area contributed by atoms with Crippen LogP contribution in [0.2, 0.25) is 0 Å². The normalized spacial score (nSPS) is 20.9. The van der Waals surface area contributed by atoms with Gasteiger partial charge in [-0.05, 0) is 49.1 Å². The van der Waals surface area contributed by atoms with Crippen molar-refractivity contribution < 1.29 is 14.3 Å². The number of allylic oxidation sites excluding steroid dienone is 1. The molecule has 1 saturated carbocycles. The summed E-state index contributed by atoms with van der Waals surface area (Å²) in [5.41, 5.74) is 8.54. The minimum absolute atomic E-state index is 0.0264. The zero-order chi connectivity index (χ0) is 24.9. The van der Waals surface area contributed by atoms with E-state index >= 15 is 0 Å². The van der Waals surface area contributed by atoms with Crippen LogP contribution in [0.15, 0.2) is 36.9 Å². The van der Waals surface area contributed by atoms with Crippen molar-refractivity contribution in [2.75, 3.05) is 40.0 Å². The maximum absolute atomic E-state index is 13.3. The summed E-state index contributed by atoms with van der Waals surface area (Å²) >= 11 is 0. The summed E-state index contributed by atoms with van der Waals surface area (Å²) in [6.45, 7) is 7.24. The number of ether oxygens (including phenoxy) is 2. The van der Waals surface area contributed by atoms with Crippen LogP contribution in [0.25, 0.3) is 0 Å². The van der Waals surface area contributed by atoms with Crippen LogP contribution in [-0.4, -0.2) is 56.9 Å². The highest BCUT2D eigenvalue weighted by atomic mass is 16.5. The third kappa shape index (κ3) is 8.62. The Hall–Kier alpha value is -1.89. The zero-order valence-corrected chi connectivity index (χ0v) is 21.8. The molecule has 1 aromatic rings. The van der Waals surface area contributed by atoms with Gasteiger partial charge in [-0.1, -0.05) is 62.4 Å². The quantitative estimate of drug-likeness (QED) is 0.296. The number of rotatable bonds is 13. The zero-order valence-electron chi connectivity index (χ0n) is 21.8. The van der Waals surface area contributed by atoms with Gasteiger partial charge in [0.1, 0.15) is 0 Å². The van der Waals surface area contributed by atoms with E-state index in [9.17, 15) is 4.79 Å². The Morgan fingerprint density at radius 1 is 1.20 bits per heavy atom. The van der Waals surface area contributed by atoms with E-state index in [4.69, 9.17) is 15.2 Å². The Balaban J connectivity index is 1.66. The van der Waals surface area contributed by atoms with Gasteiger partial charge in [-0.25, -0.2) is 4.79 Å². The number of hydrogen-bond acceptors (Lipinski definition) is 4. The molecular formula is C29H47N3O3. The molecule has 6 nitrogen and oxygen atoms in total. The summed E-state index contributed by atoms with van der Waals surface area (Å²) in [6.07, 6.45) is 13.1. The molecule has 2 unspecified atom stereocenters. The second-order valence-electron chi connectivity index (χ2n) is 10.3. The van der Waals surface area contributed by atoms with Crippen molar-refractivity contribution in [3.63, 3.8) is 0 Å². The summed E-state index contributed by atoms with van der Waals surface area (Å²) in [7, 11) is 1.72. The number of hydrogen-bond donors (Lipinski definition) is 2. The number of carbonyl (C=O) groups is 1. The van der Waals surface area contributed by atoms with Gasteiger partial charge in [-0.2, -0.15) is 0 Å². The molecule has 2 amide bonds. The average molecular weight is 486 g/mol. The van der Waals surface area contributed by atoms with Crippen molar-refractivity contribution in [2.45, 2.75) is 76.4 Å². The smallest absolute Gasteiger partial charge is 0.317 e. The monoisotopic (exact) mass is 485 g/mol. The van der Waals surface area contributed by atoms with Crippen LogP contribution in [0.1, 0.15) is 75.0 Å². The summed E-state index contributed by atoms with van der Waals surface area (Å²) in [6, 6.07) is 8.57. The topological polar surface area (TPSA) is 76.8 Å². The van der Waals surface area contributed by atoms with E-state index < -0.39 is 0 Å². The van der Waals surface area contributed by atoms with Crippen molar-refractivity contribution in [1.82, 2.24) is 10.2 Å². The summed E-state index contributed by atoms with van der Waals surface area (Å²) in [4.78, 5) is 15.3. The number of benzene rings is 1. The molecule has 3 atom stereocenters. The van der Waals surface area contributed by atoms with E-state index in [1.165, 1.54) is 43.2 Å². The van der Waals surface area contributed by atoms with E-state index in [0.717, 1.165) is 38.6 Å². The molecule has 2 aliphatic rings. The fraction of sp³-hybridized carbons (Fsp3) is 0.690. The van der Waals surface area contributed by atoms with Crippen LogP contribution in [0.4, 0.5) is 4.79 Å². The highest BCUT2D eigenvalue weighted by Crippen LogP contribution is 2.35. The molecule has 2 fully saturated rings. The number of likely N-dealkylation sites (tertiary alicyclic amines) is 1.